The van der Waals surface area contributed by atoms with Gasteiger partial charge in [-0.15, -0.1) is 0 Å². The van der Waals surface area contributed by atoms with Gasteiger partial charge in [0.1, 0.15) is 0 Å². The second-order valence-corrected chi connectivity index (χ2v) is 4.69. The van der Waals surface area contributed by atoms with Gasteiger partial charge < -0.3 is 10.0 Å². The zero-order chi connectivity index (χ0) is 9.73. The van der Waals surface area contributed by atoms with Crippen molar-refractivity contribution in [1.29, 1.82) is 0 Å². The summed E-state index contributed by atoms with van der Waals surface area (Å²) in [4.78, 5) is 2.19. The van der Waals surface area contributed by atoms with Crippen LogP contribution in [0.15, 0.2) is 0 Å². The van der Waals surface area contributed by atoms with E-state index in [1.54, 1.807) is 0 Å². The van der Waals surface area contributed by atoms with Crippen molar-refractivity contribution in [2.24, 2.45) is 0 Å². The standard InChI is InChI=1S/C11H23NO/c1-12(2)10-6-9-11(13)7-4-3-5-8-11/h13H,3-10H2,1-2H3. The molecule has 78 valence electrons. The molecule has 1 aliphatic rings. The molecule has 0 amide bonds. The molecule has 0 aromatic rings. The zero-order valence-corrected chi connectivity index (χ0v) is 9.05. The molecule has 0 heterocycles. The van der Waals surface area contributed by atoms with E-state index < -0.39 is 0 Å². The topological polar surface area (TPSA) is 23.5 Å². The maximum absolute atomic E-state index is 10.2. The fourth-order valence-corrected chi connectivity index (χ4v) is 2.18. The Bertz CT molecular complexity index is 139. The highest BCUT2D eigenvalue weighted by Gasteiger charge is 2.28. The van der Waals surface area contributed by atoms with Crippen LogP contribution in [0.4, 0.5) is 0 Å². The van der Waals surface area contributed by atoms with E-state index >= 15 is 0 Å². The van der Waals surface area contributed by atoms with Gasteiger partial charge in [-0.1, -0.05) is 19.3 Å². The third kappa shape index (κ3) is 4.10. The monoisotopic (exact) mass is 185 g/mol. The summed E-state index contributed by atoms with van der Waals surface area (Å²) in [5.41, 5.74) is -0.311. The van der Waals surface area contributed by atoms with Crippen molar-refractivity contribution in [1.82, 2.24) is 4.90 Å². The zero-order valence-electron chi connectivity index (χ0n) is 9.05. The van der Waals surface area contributed by atoms with Gasteiger partial charge in [-0.25, -0.2) is 0 Å². The lowest BCUT2D eigenvalue weighted by Gasteiger charge is -2.32. The molecule has 1 saturated carbocycles. The third-order valence-corrected chi connectivity index (χ3v) is 3.03. The normalized spacial score (nSPS) is 22.2. The average Bonchev–Trinajstić information content (AvgIpc) is 2.04. The highest BCUT2D eigenvalue weighted by molar-refractivity contribution is 4.82. The maximum Gasteiger partial charge on any atom is 0.0648 e. The summed E-state index contributed by atoms with van der Waals surface area (Å²) in [5, 5.41) is 10.2. The Labute approximate surface area is 81.9 Å². The van der Waals surface area contributed by atoms with Gasteiger partial charge in [0.15, 0.2) is 0 Å². The molecule has 2 heteroatoms. The molecule has 0 aliphatic heterocycles. The van der Waals surface area contributed by atoms with Crippen molar-refractivity contribution in [3.8, 4) is 0 Å². The van der Waals surface area contributed by atoms with Gasteiger partial charge in [0.2, 0.25) is 0 Å². The van der Waals surface area contributed by atoms with Crippen LogP contribution in [0, 0.1) is 0 Å². The number of aliphatic hydroxyl groups is 1. The fourth-order valence-electron chi connectivity index (χ4n) is 2.18. The number of nitrogens with zero attached hydrogens (tertiary/aromatic N) is 1. The van der Waals surface area contributed by atoms with Gasteiger partial charge in [-0.05, 0) is 46.3 Å². The lowest BCUT2D eigenvalue weighted by molar-refractivity contribution is -0.00653. The van der Waals surface area contributed by atoms with Crippen LogP contribution in [-0.2, 0) is 0 Å². The molecule has 0 saturated heterocycles. The Balaban J connectivity index is 2.17. The van der Waals surface area contributed by atoms with E-state index in [9.17, 15) is 5.11 Å². The van der Waals surface area contributed by atoms with E-state index in [1.165, 1.54) is 19.3 Å². The van der Waals surface area contributed by atoms with Crippen molar-refractivity contribution < 1.29 is 5.11 Å². The summed E-state index contributed by atoms with van der Waals surface area (Å²) in [6.07, 6.45) is 7.93. The van der Waals surface area contributed by atoms with Crippen molar-refractivity contribution >= 4 is 0 Å². The maximum atomic E-state index is 10.2. The van der Waals surface area contributed by atoms with E-state index in [2.05, 4.69) is 19.0 Å². The molecule has 1 N–H and O–H groups in total. The number of hydrogen-bond acceptors (Lipinski definition) is 2. The highest BCUT2D eigenvalue weighted by Crippen LogP contribution is 2.31. The van der Waals surface area contributed by atoms with E-state index in [-0.39, 0.29) is 5.60 Å². The molecule has 0 bridgehead atoms. The van der Waals surface area contributed by atoms with Gasteiger partial charge >= 0.3 is 0 Å². The van der Waals surface area contributed by atoms with E-state index in [1.807, 2.05) is 0 Å². The van der Waals surface area contributed by atoms with Gasteiger partial charge in [-0.2, -0.15) is 0 Å². The summed E-state index contributed by atoms with van der Waals surface area (Å²) in [7, 11) is 4.18. The lowest BCUT2D eigenvalue weighted by Crippen LogP contribution is -2.32. The predicted molar refractivity (Wildman–Crippen MR) is 55.8 cm³/mol. The average molecular weight is 185 g/mol. The van der Waals surface area contributed by atoms with Crippen LogP contribution >= 0.6 is 0 Å². The molecule has 0 spiro atoms. The first-order chi connectivity index (χ1) is 6.12. The molecule has 0 aromatic heterocycles. The fraction of sp³-hybridized carbons (Fsp3) is 1.00. The summed E-state index contributed by atoms with van der Waals surface area (Å²) in [5.74, 6) is 0. The quantitative estimate of drug-likeness (QED) is 0.724. The molecule has 0 unspecified atom stereocenters. The van der Waals surface area contributed by atoms with Gasteiger partial charge in [0.05, 0.1) is 5.60 Å². The van der Waals surface area contributed by atoms with Crippen molar-refractivity contribution in [3.63, 3.8) is 0 Å². The Morgan fingerprint density at radius 2 is 1.77 bits per heavy atom. The molecule has 0 atom stereocenters. The first kappa shape index (κ1) is 11.0. The molecule has 2 nitrogen and oxygen atoms in total. The smallest absolute Gasteiger partial charge is 0.0648 e. The first-order valence-corrected chi connectivity index (χ1v) is 5.49. The van der Waals surface area contributed by atoms with Gasteiger partial charge in [0, 0.05) is 0 Å². The van der Waals surface area contributed by atoms with E-state index in [4.69, 9.17) is 0 Å². The molecule has 0 aromatic carbocycles. The predicted octanol–water partition coefficient (Wildman–Crippen LogP) is 2.02. The van der Waals surface area contributed by atoms with E-state index in [0.717, 1.165) is 32.2 Å². The lowest BCUT2D eigenvalue weighted by atomic mass is 9.82. The minimum absolute atomic E-state index is 0.311. The second-order valence-electron chi connectivity index (χ2n) is 4.69. The van der Waals surface area contributed by atoms with Crippen LogP contribution in [0.3, 0.4) is 0 Å². The molecule has 1 aliphatic carbocycles. The van der Waals surface area contributed by atoms with Crippen LogP contribution in [-0.4, -0.2) is 36.2 Å². The summed E-state index contributed by atoms with van der Waals surface area (Å²) >= 11 is 0. The van der Waals surface area contributed by atoms with Crippen molar-refractivity contribution in [3.05, 3.63) is 0 Å². The van der Waals surface area contributed by atoms with Crippen LogP contribution in [0.25, 0.3) is 0 Å². The molecule has 1 fully saturated rings. The molecule has 1 rings (SSSR count). The van der Waals surface area contributed by atoms with E-state index in [0.29, 0.717) is 0 Å². The van der Waals surface area contributed by atoms with Crippen LogP contribution in [0.5, 0.6) is 0 Å². The largest absolute Gasteiger partial charge is 0.390 e. The molecular formula is C11H23NO. The Kier molecular flexibility index (Phi) is 4.20. The summed E-state index contributed by atoms with van der Waals surface area (Å²) < 4.78 is 0. The first-order valence-electron chi connectivity index (χ1n) is 5.49. The minimum atomic E-state index is -0.311. The highest BCUT2D eigenvalue weighted by atomic mass is 16.3. The molecule has 0 radical (unpaired) electrons. The Hall–Kier alpha value is -0.0800. The Morgan fingerprint density at radius 1 is 1.15 bits per heavy atom. The minimum Gasteiger partial charge on any atom is -0.390 e. The summed E-state index contributed by atoms with van der Waals surface area (Å²) in [6, 6.07) is 0. The van der Waals surface area contributed by atoms with Crippen LogP contribution < -0.4 is 0 Å². The van der Waals surface area contributed by atoms with Crippen molar-refractivity contribution in [2.45, 2.75) is 50.5 Å². The van der Waals surface area contributed by atoms with Crippen molar-refractivity contribution in [2.75, 3.05) is 20.6 Å². The summed E-state index contributed by atoms with van der Waals surface area (Å²) in [6.45, 7) is 1.10. The number of rotatable bonds is 4. The van der Waals surface area contributed by atoms with Gasteiger partial charge in [-0.3, -0.25) is 0 Å². The van der Waals surface area contributed by atoms with Gasteiger partial charge in [0.25, 0.3) is 0 Å². The third-order valence-electron chi connectivity index (χ3n) is 3.03. The molecule has 13 heavy (non-hydrogen) atoms. The van der Waals surface area contributed by atoms with Crippen LogP contribution in [0.2, 0.25) is 0 Å². The molecular weight excluding hydrogens is 162 g/mol. The number of hydrogen-bond donors (Lipinski definition) is 1. The Morgan fingerprint density at radius 3 is 2.31 bits per heavy atom. The van der Waals surface area contributed by atoms with Crippen LogP contribution in [0.1, 0.15) is 44.9 Å². The SMILES string of the molecule is CN(C)CCCC1(O)CCCCC1. The second kappa shape index (κ2) is 4.97.